The average Bonchev–Trinajstić information content (AvgIpc) is 2.85. The van der Waals surface area contributed by atoms with Crippen molar-refractivity contribution in [3.05, 3.63) is 124 Å². The van der Waals surface area contributed by atoms with Gasteiger partial charge in [-0.3, -0.25) is 4.79 Å². The zero-order valence-electron chi connectivity index (χ0n) is 17.6. The van der Waals surface area contributed by atoms with Crippen LogP contribution in [0.5, 0.6) is 0 Å². The van der Waals surface area contributed by atoms with Crippen molar-refractivity contribution in [2.24, 2.45) is 0 Å². The Morgan fingerprint density at radius 1 is 0.853 bits per heavy atom. The van der Waals surface area contributed by atoms with Crippen molar-refractivity contribution in [1.29, 1.82) is 0 Å². The van der Waals surface area contributed by atoms with E-state index < -0.39 is 23.4 Å². The Hall–Kier alpha value is -4.10. The van der Waals surface area contributed by atoms with Crippen LogP contribution < -0.4 is 4.90 Å². The van der Waals surface area contributed by atoms with Gasteiger partial charge >= 0.3 is 6.09 Å². The van der Waals surface area contributed by atoms with E-state index in [1.165, 1.54) is 24.4 Å². The fourth-order valence-electron chi connectivity index (χ4n) is 3.24. The molecule has 0 N–H and O–H groups in total. The second kappa shape index (κ2) is 10.2. The summed E-state index contributed by atoms with van der Waals surface area (Å²) in [7, 11) is 0. The number of hydrogen-bond donors (Lipinski definition) is 0. The van der Waals surface area contributed by atoms with Crippen molar-refractivity contribution in [2.75, 3.05) is 4.90 Å². The second-order valence-electron chi connectivity index (χ2n) is 7.16. The number of ether oxygens (including phenoxy) is 1. The van der Waals surface area contributed by atoms with Gasteiger partial charge in [-0.1, -0.05) is 60.1 Å². The second-order valence-corrected chi connectivity index (χ2v) is 7.57. The molecule has 0 atom stereocenters. The molecule has 1 amide bonds. The lowest BCUT2D eigenvalue weighted by Gasteiger charge is -2.22. The van der Waals surface area contributed by atoms with Crippen LogP contribution in [-0.4, -0.2) is 16.9 Å². The molecule has 5 nitrogen and oxygen atoms in total. The number of amides is 1. The number of nitrogens with zero attached hydrogens (tertiary/aromatic N) is 2. The number of pyridine rings is 1. The Balaban J connectivity index is 1.67. The van der Waals surface area contributed by atoms with Gasteiger partial charge in [0.05, 0.1) is 5.02 Å². The molecule has 0 unspecified atom stereocenters. The van der Waals surface area contributed by atoms with Crippen molar-refractivity contribution in [2.45, 2.75) is 6.61 Å². The molecule has 0 bridgehead atoms. The van der Waals surface area contributed by atoms with Gasteiger partial charge in [-0.15, -0.1) is 0 Å². The van der Waals surface area contributed by atoms with E-state index in [1.54, 1.807) is 48.5 Å². The molecule has 4 rings (SSSR count). The number of rotatable bonds is 6. The maximum atomic E-state index is 14.6. The number of carbonyl (C=O) groups is 2. The number of hydrogen-bond acceptors (Lipinski definition) is 4. The van der Waals surface area contributed by atoms with Crippen LogP contribution >= 0.6 is 11.6 Å². The van der Waals surface area contributed by atoms with Gasteiger partial charge in [-0.25, -0.2) is 23.5 Å². The molecule has 1 aromatic heterocycles. The van der Waals surface area contributed by atoms with E-state index in [1.807, 2.05) is 6.07 Å². The molecule has 0 spiro atoms. The number of ketones is 1. The van der Waals surface area contributed by atoms with Gasteiger partial charge in [0.25, 0.3) is 0 Å². The van der Waals surface area contributed by atoms with Gasteiger partial charge in [0.1, 0.15) is 29.7 Å². The van der Waals surface area contributed by atoms with Crippen molar-refractivity contribution >= 4 is 35.0 Å². The molecule has 0 aliphatic carbocycles. The van der Waals surface area contributed by atoms with Gasteiger partial charge < -0.3 is 4.74 Å². The third-order valence-corrected chi connectivity index (χ3v) is 5.24. The highest BCUT2D eigenvalue weighted by Gasteiger charge is 2.27. The zero-order chi connectivity index (χ0) is 24.1. The Bertz CT molecular complexity index is 1310. The Labute approximate surface area is 199 Å². The fraction of sp³-hybridized carbons (Fsp3) is 0.0385. The summed E-state index contributed by atoms with van der Waals surface area (Å²) < 4.78 is 34.5. The summed E-state index contributed by atoms with van der Waals surface area (Å²) in [5.74, 6) is -2.47. The smallest absolute Gasteiger partial charge is 0.420 e. The Morgan fingerprint density at radius 2 is 1.53 bits per heavy atom. The Morgan fingerprint density at radius 3 is 2.18 bits per heavy atom. The number of benzene rings is 3. The molecule has 0 saturated carbocycles. The van der Waals surface area contributed by atoms with Crippen LogP contribution in [0.4, 0.5) is 25.1 Å². The van der Waals surface area contributed by atoms with Gasteiger partial charge in [-0.05, 0) is 42.0 Å². The van der Waals surface area contributed by atoms with Gasteiger partial charge in [0.15, 0.2) is 5.78 Å². The van der Waals surface area contributed by atoms with Crippen molar-refractivity contribution in [1.82, 2.24) is 4.98 Å². The molecule has 170 valence electrons. The number of aromatic nitrogens is 1. The SMILES string of the molecule is O=C(c1ccc(N(C(=O)OCc2ccccc2)c2c(F)cccc2F)nc1)c1ccccc1Cl. The van der Waals surface area contributed by atoms with E-state index in [0.717, 1.165) is 12.1 Å². The molecule has 0 fully saturated rings. The van der Waals surface area contributed by atoms with Gasteiger partial charge in [-0.2, -0.15) is 0 Å². The lowest BCUT2D eigenvalue weighted by molar-refractivity contribution is 0.103. The maximum absolute atomic E-state index is 14.6. The first-order valence-electron chi connectivity index (χ1n) is 10.2. The minimum absolute atomic E-state index is 0.116. The zero-order valence-corrected chi connectivity index (χ0v) is 18.4. The maximum Gasteiger partial charge on any atom is 0.420 e. The summed E-state index contributed by atoms with van der Waals surface area (Å²) >= 11 is 6.10. The summed E-state index contributed by atoms with van der Waals surface area (Å²) in [5, 5.41) is 0.274. The minimum Gasteiger partial charge on any atom is -0.444 e. The van der Waals surface area contributed by atoms with Crippen molar-refractivity contribution in [3.63, 3.8) is 0 Å². The lowest BCUT2D eigenvalue weighted by Crippen LogP contribution is -2.29. The molecule has 3 aromatic carbocycles. The molecule has 4 aromatic rings. The normalized spacial score (nSPS) is 10.6. The van der Waals surface area contributed by atoms with Crippen LogP contribution in [0.1, 0.15) is 21.5 Å². The van der Waals surface area contributed by atoms with Crippen molar-refractivity contribution in [3.8, 4) is 0 Å². The van der Waals surface area contributed by atoms with E-state index in [9.17, 15) is 18.4 Å². The monoisotopic (exact) mass is 478 g/mol. The minimum atomic E-state index is -1.04. The lowest BCUT2D eigenvalue weighted by atomic mass is 10.1. The molecule has 1 heterocycles. The first kappa shape index (κ1) is 23.1. The topological polar surface area (TPSA) is 59.5 Å². The fourth-order valence-corrected chi connectivity index (χ4v) is 3.46. The van der Waals surface area contributed by atoms with Crippen molar-refractivity contribution < 1.29 is 23.1 Å². The van der Waals surface area contributed by atoms with E-state index in [-0.39, 0.29) is 34.4 Å². The number of halogens is 3. The molecule has 0 radical (unpaired) electrons. The standard InChI is InChI=1S/C26H17ClF2N2O3/c27-20-10-5-4-9-19(20)25(32)18-13-14-23(30-15-18)31(24-21(28)11-6-12-22(24)29)26(33)34-16-17-7-2-1-3-8-17/h1-15H,16H2. The number of carbonyl (C=O) groups excluding carboxylic acids is 2. The highest BCUT2D eigenvalue weighted by Crippen LogP contribution is 2.31. The molecule has 8 heteroatoms. The van der Waals surface area contributed by atoms with E-state index in [4.69, 9.17) is 16.3 Å². The van der Waals surface area contributed by atoms with Crippen LogP contribution in [-0.2, 0) is 11.3 Å². The predicted octanol–water partition coefficient (Wildman–Crippen LogP) is 6.72. The first-order chi connectivity index (χ1) is 16.5. The third kappa shape index (κ3) is 4.94. The first-order valence-corrected chi connectivity index (χ1v) is 10.5. The molecule has 0 aliphatic rings. The number of anilines is 2. The summed E-state index contributed by atoms with van der Waals surface area (Å²) in [6, 6.07) is 21.3. The van der Waals surface area contributed by atoms with Crippen LogP contribution in [0, 0.1) is 11.6 Å². The third-order valence-electron chi connectivity index (χ3n) is 4.91. The van der Waals surface area contributed by atoms with E-state index >= 15 is 0 Å². The number of para-hydroxylation sites is 1. The summed E-state index contributed by atoms with van der Waals surface area (Å²) in [6.45, 7) is -0.116. The summed E-state index contributed by atoms with van der Waals surface area (Å²) in [5.41, 5.74) is 0.512. The van der Waals surface area contributed by atoms with Crippen LogP contribution in [0.3, 0.4) is 0 Å². The molecular weight excluding hydrogens is 462 g/mol. The largest absolute Gasteiger partial charge is 0.444 e. The molecular formula is C26H17ClF2N2O3. The quantitative estimate of drug-likeness (QED) is 0.289. The van der Waals surface area contributed by atoms with Crippen LogP contribution in [0.15, 0.2) is 91.1 Å². The summed E-state index contributed by atoms with van der Waals surface area (Å²) in [4.78, 5) is 30.5. The average molecular weight is 479 g/mol. The van der Waals surface area contributed by atoms with Gasteiger partial charge in [0, 0.05) is 17.3 Å². The van der Waals surface area contributed by atoms with Gasteiger partial charge in [0.2, 0.25) is 0 Å². The predicted molar refractivity (Wildman–Crippen MR) is 124 cm³/mol. The highest BCUT2D eigenvalue weighted by molar-refractivity contribution is 6.34. The molecule has 0 saturated heterocycles. The molecule has 0 aliphatic heterocycles. The van der Waals surface area contributed by atoms with Crippen LogP contribution in [0.2, 0.25) is 5.02 Å². The van der Waals surface area contributed by atoms with Crippen LogP contribution in [0.25, 0.3) is 0 Å². The van der Waals surface area contributed by atoms with E-state index in [2.05, 4.69) is 4.98 Å². The highest BCUT2D eigenvalue weighted by atomic mass is 35.5. The Kier molecular flexibility index (Phi) is 6.94. The molecule has 34 heavy (non-hydrogen) atoms. The summed E-state index contributed by atoms with van der Waals surface area (Å²) in [6.07, 6.45) is 0.169. The van der Waals surface area contributed by atoms with E-state index in [0.29, 0.717) is 10.5 Å².